The van der Waals surface area contributed by atoms with Crippen molar-refractivity contribution in [3.05, 3.63) is 144 Å². The van der Waals surface area contributed by atoms with Gasteiger partial charge in [-0.15, -0.1) is 0 Å². The number of rotatable bonds is 13. The quantitative estimate of drug-likeness (QED) is 0.153. The van der Waals surface area contributed by atoms with Gasteiger partial charge in [-0.3, -0.25) is 0 Å². The van der Waals surface area contributed by atoms with Crippen LogP contribution in [0.5, 0.6) is 0 Å². The number of benzene rings is 4. The van der Waals surface area contributed by atoms with Gasteiger partial charge in [0.05, 0.1) is 33.0 Å². The molecule has 1 fully saturated rings. The number of hydrogen-bond donors (Lipinski definition) is 0. The third-order valence-corrected chi connectivity index (χ3v) is 7.56. The van der Waals surface area contributed by atoms with Crippen molar-refractivity contribution in [1.29, 1.82) is 0 Å². The Labute approximate surface area is 245 Å². The highest BCUT2D eigenvalue weighted by molar-refractivity contribution is 9.09. The van der Waals surface area contributed by atoms with Crippen molar-refractivity contribution in [2.24, 2.45) is 0 Å². The summed E-state index contributed by atoms with van der Waals surface area (Å²) in [7, 11) is 0. The Balaban J connectivity index is 1.36. The second-order valence-corrected chi connectivity index (χ2v) is 10.7. The molecule has 0 N–H and O–H groups in total. The predicted octanol–water partition coefficient (Wildman–Crippen LogP) is 7.08. The largest absolute Gasteiger partial charge is 0.374 e. The van der Waals surface area contributed by atoms with Crippen LogP contribution in [-0.4, -0.2) is 36.0 Å². The summed E-state index contributed by atoms with van der Waals surface area (Å²) in [6, 6.07) is 40.6. The molecule has 4 aromatic carbocycles. The van der Waals surface area contributed by atoms with Gasteiger partial charge < -0.3 is 23.7 Å². The number of halogens is 1. The van der Waals surface area contributed by atoms with E-state index in [0.717, 1.165) is 22.3 Å². The van der Waals surface area contributed by atoms with E-state index in [-0.39, 0.29) is 6.10 Å². The molecule has 1 saturated heterocycles. The van der Waals surface area contributed by atoms with Crippen LogP contribution in [0.1, 0.15) is 22.3 Å². The highest BCUT2D eigenvalue weighted by atomic mass is 79.9. The van der Waals surface area contributed by atoms with E-state index in [4.69, 9.17) is 23.7 Å². The maximum absolute atomic E-state index is 6.62. The van der Waals surface area contributed by atoms with Gasteiger partial charge in [-0.2, -0.15) is 0 Å². The fourth-order valence-electron chi connectivity index (χ4n) is 4.73. The molecule has 5 rings (SSSR count). The zero-order valence-electron chi connectivity index (χ0n) is 22.4. The topological polar surface area (TPSA) is 46.2 Å². The zero-order valence-corrected chi connectivity index (χ0v) is 24.0. The van der Waals surface area contributed by atoms with Crippen molar-refractivity contribution in [1.82, 2.24) is 0 Å². The first-order chi connectivity index (χ1) is 19.8. The minimum absolute atomic E-state index is 0.354. The first-order valence-corrected chi connectivity index (χ1v) is 14.6. The van der Waals surface area contributed by atoms with Crippen molar-refractivity contribution in [2.45, 2.75) is 55.9 Å². The molecule has 0 radical (unpaired) electrons. The van der Waals surface area contributed by atoms with Crippen LogP contribution >= 0.6 is 15.9 Å². The van der Waals surface area contributed by atoms with Crippen molar-refractivity contribution in [3.8, 4) is 0 Å². The molecule has 1 heterocycles. The van der Waals surface area contributed by atoms with Crippen molar-refractivity contribution < 1.29 is 23.7 Å². The molecule has 3 unspecified atom stereocenters. The first-order valence-electron chi connectivity index (χ1n) is 13.6. The zero-order chi connectivity index (χ0) is 27.4. The second-order valence-electron chi connectivity index (χ2n) is 9.81. The third kappa shape index (κ3) is 8.33. The lowest BCUT2D eigenvalue weighted by Gasteiger charge is -2.44. The molecule has 1 aliphatic rings. The SMILES string of the molecule is BrC1OC(COCc2ccccc2)[C@@H](OCc2ccccc2)[C@H](OCc2ccccc2)C1OCc1ccccc1. The highest BCUT2D eigenvalue weighted by Gasteiger charge is 2.47. The molecule has 5 nitrogen and oxygen atoms in total. The number of hydrogen-bond acceptors (Lipinski definition) is 5. The lowest BCUT2D eigenvalue weighted by Crippen LogP contribution is -2.59. The molecular weight excluding hydrogens is 568 g/mol. The molecule has 40 heavy (non-hydrogen) atoms. The van der Waals surface area contributed by atoms with Crippen LogP contribution in [0.2, 0.25) is 0 Å². The van der Waals surface area contributed by atoms with Crippen molar-refractivity contribution in [3.63, 3.8) is 0 Å². The maximum atomic E-state index is 6.62. The van der Waals surface area contributed by atoms with E-state index in [2.05, 4.69) is 64.5 Å². The molecule has 0 saturated carbocycles. The predicted molar refractivity (Wildman–Crippen MR) is 159 cm³/mol. The van der Waals surface area contributed by atoms with Gasteiger partial charge in [0.15, 0.2) is 0 Å². The molecule has 0 bridgehead atoms. The van der Waals surface area contributed by atoms with Gasteiger partial charge >= 0.3 is 0 Å². The smallest absolute Gasteiger partial charge is 0.141 e. The van der Waals surface area contributed by atoms with E-state index in [1.807, 2.05) is 72.8 Å². The van der Waals surface area contributed by atoms with Gasteiger partial charge in [-0.1, -0.05) is 137 Å². The number of ether oxygens (including phenoxy) is 5. The van der Waals surface area contributed by atoms with Crippen LogP contribution in [-0.2, 0) is 50.1 Å². The van der Waals surface area contributed by atoms with E-state index in [1.54, 1.807) is 0 Å². The van der Waals surface area contributed by atoms with Crippen LogP contribution in [0.25, 0.3) is 0 Å². The lowest BCUT2D eigenvalue weighted by atomic mass is 9.99. The molecule has 4 aromatic rings. The van der Waals surface area contributed by atoms with Crippen LogP contribution in [0.3, 0.4) is 0 Å². The highest BCUT2D eigenvalue weighted by Crippen LogP contribution is 2.33. The third-order valence-electron chi connectivity index (χ3n) is 6.83. The summed E-state index contributed by atoms with van der Waals surface area (Å²) in [5.74, 6) is 0. The van der Waals surface area contributed by atoms with Gasteiger partial charge in [0.25, 0.3) is 0 Å². The standard InChI is InChI=1S/C34H35BrO5/c35-34-33(39-24-29-19-11-4-12-20-29)32(38-23-28-17-9-3-10-18-28)31(37-22-27-15-7-2-8-16-27)30(40-34)25-36-21-26-13-5-1-6-14-26/h1-20,30-34H,21-25H2/t30?,31-,32+,33?,34?/m1/s1. The van der Waals surface area contributed by atoms with Gasteiger partial charge in [-0.05, 0) is 22.3 Å². The summed E-state index contributed by atoms with van der Waals surface area (Å²) in [6.45, 7) is 2.13. The van der Waals surface area contributed by atoms with E-state index >= 15 is 0 Å². The van der Waals surface area contributed by atoms with Crippen LogP contribution in [0.4, 0.5) is 0 Å². The second kappa shape index (κ2) is 15.2. The summed E-state index contributed by atoms with van der Waals surface area (Å²) >= 11 is 3.76. The van der Waals surface area contributed by atoms with Gasteiger partial charge in [0.1, 0.15) is 29.4 Å². The average Bonchev–Trinajstić information content (AvgIpc) is 3.01. The first kappa shape index (κ1) is 28.7. The van der Waals surface area contributed by atoms with Crippen LogP contribution in [0, 0.1) is 0 Å². The molecule has 0 aromatic heterocycles. The van der Waals surface area contributed by atoms with E-state index in [9.17, 15) is 0 Å². The Morgan fingerprint density at radius 1 is 0.475 bits per heavy atom. The average molecular weight is 604 g/mol. The molecular formula is C34H35BrO5. The normalized spacial score (nSPS) is 22.7. The Morgan fingerprint density at radius 2 is 0.850 bits per heavy atom. The Kier molecular flexibility index (Phi) is 10.9. The number of alkyl halides is 1. The summed E-state index contributed by atoms with van der Waals surface area (Å²) in [4.78, 5) is 0. The molecule has 208 valence electrons. The van der Waals surface area contributed by atoms with E-state index in [1.165, 1.54) is 0 Å². The Hall–Kier alpha value is -2.84. The fourth-order valence-corrected chi connectivity index (χ4v) is 5.46. The van der Waals surface area contributed by atoms with E-state index in [0.29, 0.717) is 33.0 Å². The summed E-state index contributed by atoms with van der Waals surface area (Å²) in [5.41, 5.74) is 4.35. The van der Waals surface area contributed by atoms with Gasteiger partial charge in [0, 0.05) is 0 Å². The minimum Gasteiger partial charge on any atom is -0.374 e. The van der Waals surface area contributed by atoms with Crippen molar-refractivity contribution >= 4 is 15.9 Å². The summed E-state index contributed by atoms with van der Waals surface area (Å²) < 4.78 is 32.3. The maximum Gasteiger partial charge on any atom is 0.141 e. The van der Waals surface area contributed by atoms with Crippen molar-refractivity contribution in [2.75, 3.05) is 6.61 Å². The van der Waals surface area contributed by atoms with Crippen LogP contribution in [0.15, 0.2) is 121 Å². The fraction of sp³-hybridized carbons (Fsp3) is 0.294. The molecule has 0 amide bonds. The van der Waals surface area contributed by atoms with Crippen LogP contribution < -0.4 is 0 Å². The molecule has 6 heteroatoms. The minimum atomic E-state index is -0.422. The summed E-state index contributed by atoms with van der Waals surface area (Å²) in [5, 5.41) is -0.404. The monoisotopic (exact) mass is 602 g/mol. The van der Waals surface area contributed by atoms with Gasteiger partial charge in [-0.25, -0.2) is 0 Å². The summed E-state index contributed by atoms with van der Waals surface area (Å²) in [6.07, 6.45) is -1.60. The van der Waals surface area contributed by atoms with Gasteiger partial charge in [0.2, 0.25) is 0 Å². The molecule has 0 spiro atoms. The molecule has 0 aliphatic carbocycles. The Bertz CT molecular complexity index is 1240. The lowest BCUT2D eigenvalue weighted by molar-refractivity contribution is -0.253. The molecule has 1 aliphatic heterocycles. The Morgan fingerprint density at radius 3 is 1.30 bits per heavy atom. The van der Waals surface area contributed by atoms with E-state index < -0.39 is 23.3 Å². The molecule has 5 atom stereocenters.